The number of likely N-dealkylation sites (N-methyl/N-ethyl adjacent to an activating group) is 1. The zero-order valence-electron chi connectivity index (χ0n) is 7.79. The largest absolute Gasteiger partial charge is 0.358 e. The molecule has 1 N–H and O–H groups in total. The van der Waals surface area contributed by atoms with Gasteiger partial charge >= 0.3 is 0 Å². The number of carbonyl (C=O) groups excluding carboxylic acids is 1. The van der Waals surface area contributed by atoms with Gasteiger partial charge in [0.15, 0.2) is 0 Å². The normalized spacial score (nSPS) is 10.0. The highest BCUT2D eigenvalue weighted by atomic mass is 16.1. The molecule has 0 heterocycles. The van der Waals surface area contributed by atoms with Crippen LogP contribution in [0.2, 0.25) is 0 Å². The Kier molecular flexibility index (Phi) is 5.06. The lowest BCUT2D eigenvalue weighted by molar-refractivity contribution is -0.122. The Bertz CT molecular complexity index is 183. The lowest BCUT2D eigenvalue weighted by Crippen LogP contribution is -2.39. The molecule has 0 aromatic heterocycles. The second-order valence-electron chi connectivity index (χ2n) is 2.83. The number of amides is 1. The summed E-state index contributed by atoms with van der Waals surface area (Å²) in [6.07, 6.45) is 0. The lowest BCUT2D eigenvalue weighted by Gasteiger charge is -2.21. The van der Waals surface area contributed by atoms with E-state index >= 15 is 0 Å². The molecule has 0 aliphatic rings. The molecule has 0 radical (unpaired) electrons. The van der Waals surface area contributed by atoms with Crippen LogP contribution in [-0.4, -0.2) is 37.0 Å². The summed E-state index contributed by atoms with van der Waals surface area (Å²) < 4.78 is 0. The van der Waals surface area contributed by atoms with Crippen molar-refractivity contribution < 1.29 is 4.79 Å². The molecule has 68 valence electrons. The SMILES string of the molecule is CNC(=O)CN(CC#N)C(C)C. The van der Waals surface area contributed by atoms with Crippen LogP contribution in [0.4, 0.5) is 0 Å². The van der Waals surface area contributed by atoms with Crippen LogP contribution in [0.5, 0.6) is 0 Å². The molecule has 0 atom stereocenters. The van der Waals surface area contributed by atoms with Crippen LogP contribution < -0.4 is 5.32 Å². The minimum Gasteiger partial charge on any atom is -0.358 e. The van der Waals surface area contributed by atoms with Crippen molar-refractivity contribution in [1.29, 1.82) is 5.26 Å². The summed E-state index contributed by atoms with van der Waals surface area (Å²) in [4.78, 5) is 12.7. The van der Waals surface area contributed by atoms with Crippen molar-refractivity contribution in [2.45, 2.75) is 19.9 Å². The van der Waals surface area contributed by atoms with E-state index in [1.165, 1.54) is 0 Å². The molecule has 1 amide bonds. The first-order valence-corrected chi connectivity index (χ1v) is 3.93. The number of hydrogen-bond acceptors (Lipinski definition) is 3. The Morgan fingerprint density at radius 2 is 2.25 bits per heavy atom. The quantitative estimate of drug-likeness (QED) is 0.601. The summed E-state index contributed by atoms with van der Waals surface area (Å²) in [6, 6.07) is 2.25. The zero-order valence-corrected chi connectivity index (χ0v) is 7.79. The molecule has 0 saturated carbocycles. The van der Waals surface area contributed by atoms with Crippen LogP contribution in [0.1, 0.15) is 13.8 Å². The van der Waals surface area contributed by atoms with E-state index in [0.717, 1.165) is 0 Å². The summed E-state index contributed by atoms with van der Waals surface area (Å²) in [7, 11) is 1.59. The average molecular weight is 169 g/mol. The van der Waals surface area contributed by atoms with Gasteiger partial charge in [0.05, 0.1) is 19.2 Å². The topological polar surface area (TPSA) is 56.1 Å². The maximum atomic E-state index is 10.9. The van der Waals surface area contributed by atoms with Crippen molar-refractivity contribution in [1.82, 2.24) is 10.2 Å². The zero-order chi connectivity index (χ0) is 9.56. The molecule has 0 aromatic rings. The predicted molar refractivity (Wildman–Crippen MR) is 46.4 cm³/mol. The summed E-state index contributed by atoms with van der Waals surface area (Å²) >= 11 is 0. The Morgan fingerprint density at radius 3 is 2.58 bits per heavy atom. The van der Waals surface area contributed by atoms with Crippen molar-refractivity contribution in [3.8, 4) is 6.07 Å². The Morgan fingerprint density at radius 1 is 1.67 bits per heavy atom. The van der Waals surface area contributed by atoms with Gasteiger partial charge in [0.1, 0.15) is 0 Å². The molecule has 4 nitrogen and oxygen atoms in total. The molecule has 0 fully saturated rings. The fourth-order valence-corrected chi connectivity index (χ4v) is 0.775. The maximum absolute atomic E-state index is 10.9. The highest BCUT2D eigenvalue weighted by molar-refractivity contribution is 5.77. The van der Waals surface area contributed by atoms with Crippen LogP contribution in [0.25, 0.3) is 0 Å². The fourth-order valence-electron chi connectivity index (χ4n) is 0.775. The highest BCUT2D eigenvalue weighted by Crippen LogP contribution is 1.95. The number of nitrogens with zero attached hydrogens (tertiary/aromatic N) is 2. The van der Waals surface area contributed by atoms with Gasteiger partial charge in [-0.25, -0.2) is 0 Å². The van der Waals surface area contributed by atoms with Gasteiger partial charge in [-0.15, -0.1) is 0 Å². The molecule has 12 heavy (non-hydrogen) atoms. The van der Waals surface area contributed by atoms with E-state index in [1.54, 1.807) is 11.9 Å². The van der Waals surface area contributed by atoms with Gasteiger partial charge in [-0.3, -0.25) is 9.69 Å². The highest BCUT2D eigenvalue weighted by Gasteiger charge is 2.11. The van der Waals surface area contributed by atoms with Crippen molar-refractivity contribution in [3.63, 3.8) is 0 Å². The van der Waals surface area contributed by atoms with Gasteiger partial charge in [0, 0.05) is 13.1 Å². The summed E-state index contributed by atoms with van der Waals surface area (Å²) in [6.45, 7) is 4.51. The molecule has 0 rings (SSSR count). The van der Waals surface area contributed by atoms with Crippen LogP contribution in [-0.2, 0) is 4.79 Å². The number of nitrogens with one attached hydrogen (secondary N) is 1. The molecule has 0 unspecified atom stereocenters. The van der Waals surface area contributed by atoms with Crippen molar-refractivity contribution in [2.75, 3.05) is 20.1 Å². The predicted octanol–water partition coefficient (Wildman–Crippen LogP) is -0.0336. The van der Waals surface area contributed by atoms with Crippen LogP contribution in [0, 0.1) is 11.3 Å². The third-order valence-electron chi connectivity index (χ3n) is 1.63. The van der Waals surface area contributed by atoms with Crippen molar-refractivity contribution in [3.05, 3.63) is 0 Å². The summed E-state index contributed by atoms with van der Waals surface area (Å²) in [5.41, 5.74) is 0. The number of hydrogen-bond donors (Lipinski definition) is 1. The van der Waals surface area contributed by atoms with E-state index in [9.17, 15) is 4.79 Å². The standard InChI is InChI=1S/C8H15N3O/c1-7(2)11(5-4-9)6-8(12)10-3/h7H,5-6H2,1-3H3,(H,10,12). The first kappa shape index (κ1) is 10.9. The lowest BCUT2D eigenvalue weighted by atomic mass is 10.3. The van der Waals surface area contributed by atoms with Gasteiger partial charge in [0.2, 0.25) is 5.91 Å². The molecular formula is C8H15N3O. The van der Waals surface area contributed by atoms with Gasteiger partial charge in [-0.05, 0) is 13.8 Å². The van der Waals surface area contributed by atoms with Crippen LogP contribution >= 0.6 is 0 Å². The van der Waals surface area contributed by atoms with Crippen LogP contribution in [0.3, 0.4) is 0 Å². The van der Waals surface area contributed by atoms with E-state index in [1.807, 2.05) is 19.9 Å². The van der Waals surface area contributed by atoms with E-state index < -0.39 is 0 Å². The van der Waals surface area contributed by atoms with Crippen molar-refractivity contribution in [2.24, 2.45) is 0 Å². The Labute approximate surface area is 73.2 Å². The first-order valence-electron chi connectivity index (χ1n) is 3.93. The third-order valence-corrected chi connectivity index (χ3v) is 1.63. The van der Waals surface area contributed by atoms with Crippen molar-refractivity contribution >= 4 is 5.91 Å². The molecule has 4 heteroatoms. The summed E-state index contributed by atoms with van der Waals surface area (Å²) in [5, 5.41) is 11.0. The van der Waals surface area contributed by atoms with E-state index in [4.69, 9.17) is 5.26 Å². The molecule has 0 aromatic carbocycles. The molecule has 0 saturated heterocycles. The second-order valence-corrected chi connectivity index (χ2v) is 2.83. The molecule has 0 bridgehead atoms. The Hall–Kier alpha value is -1.08. The number of rotatable bonds is 4. The van der Waals surface area contributed by atoms with Gasteiger partial charge in [-0.2, -0.15) is 5.26 Å². The van der Waals surface area contributed by atoms with Gasteiger partial charge in [-0.1, -0.05) is 0 Å². The monoisotopic (exact) mass is 169 g/mol. The van der Waals surface area contributed by atoms with E-state index in [0.29, 0.717) is 13.1 Å². The number of nitriles is 1. The average Bonchev–Trinajstić information content (AvgIpc) is 2.03. The molecule has 0 aliphatic carbocycles. The minimum absolute atomic E-state index is 0.0565. The van der Waals surface area contributed by atoms with Crippen LogP contribution in [0.15, 0.2) is 0 Å². The molecule has 0 spiro atoms. The third kappa shape index (κ3) is 3.94. The maximum Gasteiger partial charge on any atom is 0.233 e. The second kappa shape index (κ2) is 5.56. The molecule has 0 aliphatic heterocycles. The number of carbonyl (C=O) groups is 1. The first-order chi connectivity index (χ1) is 5.61. The smallest absolute Gasteiger partial charge is 0.233 e. The van der Waals surface area contributed by atoms with E-state index in [2.05, 4.69) is 5.32 Å². The van der Waals surface area contributed by atoms with Gasteiger partial charge in [0.25, 0.3) is 0 Å². The van der Waals surface area contributed by atoms with Gasteiger partial charge < -0.3 is 5.32 Å². The Balaban J connectivity index is 3.97. The molecular weight excluding hydrogens is 154 g/mol. The minimum atomic E-state index is -0.0565. The fraction of sp³-hybridized carbons (Fsp3) is 0.750. The summed E-state index contributed by atoms with van der Waals surface area (Å²) in [5.74, 6) is -0.0565. The van der Waals surface area contributed by atoms with E-state index in [-0.39, 0.29) is 11.9 Å².